The van der Waals surface area contributed by atoms with Gasteiger partial charge in [-0.25, -0.2) is 8.78 Å². The molecule has 5 nitrogen and oxygen atoms in total. The lowest BCUT2D eigenvalue weighted by molar-refractivity contribution is -0.159. The molecule has 3 rings (SSSR count). The van der Waals surface area contributed by atoms with E-state index in [1.807, 2.05) is 0 Å². The molecule has 2 aromatic carbocycles. The number of hydrogen-bond acceptors (Lipinski definition) is 3. The molecule has 0 saturated carbocycles. The average Bonchev–Trinajstić information content (AvgIpc) is 2.64. The minimum Gasteiger partial charge on any atom is -0.384 e. The van der Waals surface area contributed by atoms with Crippen molar-refractivity contribution in [1.82, 2.24) is 10.2 Å². The van der Waals surface area contributed by atoms with Crippen molar-refractivity contribution in [2.75, 3.05) is 13.1 Å². The summed E-state index contributed by atoms with van der Waals surface area (Å²) in [5.74, 6) is -1.71. The Hall–Kier alpha value is -2.80. The molecule has 0 aliphatic carbocycles. The molecule has 0 aromatic heterocycles. The molecule has 0 spiro atoms. The van der Waals surface area contributed by atoms with Crippen molar-refractivity contribution in [3.8, 4) is 0 Å². The number of nitrogens with zero attached hydrogens (tertiary/aromatic N) is 1. The highest BCUT2D eigenvalue weighted by molar-refractivity contribution is 5.89. The van der Waals surface area contributed by atoms with Gasteiger partial charge < -0.3 is 15.3 Å². The standard InChI is InChI=1S/C21H22F2N2O3/c1-14(26)19(27)25-12-21(13-25,10-15-6-2-4-8-17(15)22)20(28)24-11-16-7-3-5-9-18(16)23/h2-9,14,26H,10-13H2,1H3,(H,24,28)/t14-/m1/s1. The predicted molar refractivity (Wildman–Crippen MR) is 99.0 cm³/mol. The summed E-state index contributed by atoms with van der Waals surface area (Å²) in [5.41, 5.74) is -0.321. The Bertz CT molecular complexity index is 879. The molecule has 1 atom stereocenters. The van der Waals surface area contributed by atoms with Crippen molar-refractivity contribution in [3.63, 3.8) is 0 Å². The van der Waals surface area contributed by atoms with Crippen LogP contribution >= 0.6 is 0 Å². The lowest BCUT2D eigenvalue weighted by Gasteiger charge is -2.49. The van der Waals surface area contributed by atoms with Crippen molar-refractivity contribution in [1.29, 1.82) is 0 Å². The molecule has 148 valence electrons. The molecular weight excluding hydrogens is 366 g/mol. The van der Waals surface area contributed by atoms with Crippen LogP contribution < -0.4 is 5.32 Å². The third-order valence-electron chi connectivity index (χ3n) is 5.02. The number of amides is 2. The molecule has 0 radical (unpaired) electrons. The van der Waals surface area contributed by atoms with E-state index in [0.29, 0.717) is 11.1 Å². The number of rotatable bonds is 6. The second kappa shape index (κ2) is 8.06. The van der Waals surface area contributed by atoms with Gasteiger partial charge in [-0.1, -0.05) is 36.4 Å². The maximum atomic E-state index is 14.1. The number of hydrogen-bond donors (Lipinski definition) is 2. The Morgan fingerprint density at radius 1 is 1.07 bits per heavy atom. The quantitative estimate of drug-likeness (QED) is 0.796. The van der Waals surface area contributed by atoms with E-state index in [9.17, 15) is 23.5 Å². The lowest BCUT2D eigenvalue weighted by atomic mass is 9.73. The molecule has 2 amide bonds. The fourth-order valence-electron chi connectivity index (χ4n) is 3.45. The number of benzene rings is 2. The van der Waals surface area contributed by atoms with Crippen molar-refractivity contribution in [3.05, 3.63) is 71.3 Å². The normalized spacial score (nSPS) is 16.2. The zero-order valence-corrected chi connectivity index (χ0v) is 15.5. The van der Waals surface area contributed by atoms with E-state index >= 15 is 0 Å². The van der Waals surface area contributed by atoms with Gasteiger partial charge in [0.15, 0.2) is 0 Å². The molecule has 1 saturated heterocycles. The molecule has 7 heteroatoms. The summed E-state index contributed by atoms with van der Waals surface area (Å²) < 4.78 is 27.9. The third-order valence-corrected chi connectivity index (χ3v) is 5.02. The van der Waals surface area contributed by atoms with Crippen LogP contribution in [0.2, 0.25) is 0 Å². The average molecular weight is 388 g/mol. The van der Waals surface area contributed by atoms with Gasteiger partial charge in [-0.15, -0.1) is 0 Å². The van der Waals surface area contributed by atoms with Crippen molar-refractivity contribution < 1.29 is 23.5 Å². The topological polar surface area (TPSA) is 69.6 Å². The molecule has 1 aliphatic heterocycles. The van der Waals surface area contributed by atoms with Gasteiger partial charge in [-0.05, 0) is 31.0 Å². The first-order chi connectivity index (χ1) is 13.3. The van der Waals surface area contributed by atoms with Crippen LogP contribution in [0.4, 0.5) is 8.78 Å². The molecule has 1 fully saturated rings. The SMILES string of the molecule is C[C@@H](O)C(=O)N1CC(Cc2ccccc2F)(C(=O)NCc2ccccc2F)C1. The highest BCUT2D eigenvalue weighted by Crippen LogP contribution is 2.36. The maximum Gasteiger partial charge on any atom is 0.251 e. The van der Waals surface area contributed by atoms with Crippen LogP contribution in [-0.4, -0.2) is 41.0 Å². The Kier molecular flexibility index (Phi) is 5.74. The maximum absolute atomic E-state index is 14.1. The molecule has 2 N–H and O–H groups in total. The number of likely N-dealkylation sites (tertiary alicyclic amines) is 1. The van der Waals surface area contributed by atoms with Gasteiger partial charge in [0.25, 0.3) is 5.91 Å². The molecule has 2 aromatic rings. The summed E-state index contributed by atoms with van der Waals surface area (Å²) in [6, 6.07) is 12.3. The second-order valence-electron chi connectivity index (χ2n) is 7.19. The largest absolute Gasteiger partial charge is 0.384 e. The Balaban J connectivity index is 1.77. The molecule has 0 bridgehead atoms. The van der Waals surface area contributed by atoms with E-state index in [1.165, 1.54) is 24.0 Å². The first-order valence-corrected chi connectivity index (χ1v) is 9.04. The van der Waals surface area contributed by atoms with Crippen molar-refractivity contribution in [2.45, 2.75) is 26.0 Å². The summed E-state index contributed by atoms with van der Waals surface area (Å²) in [4.78, 5) is 26.3. The summed E-state index contributed by atoms with van der Waals surface area (Å²) in [6.07, 6.45) is -1.07. The first-order valence-electron chi connectivity index (χ1n) is 9.04. The Labute approximate surface area is 162 Å². The number of carbonyl (C=O) groups is 2. The zero-order valence-electron chi connectivity index (χ0n) is 15.5. The number of halogens is 2. The summed E-state index contributed by atoms with van der Waals surface area (Å²) >= 11 is 0. The van der Waals surface area contributed by atoms with E-state index in [1.54, 1.807) is 36.4 Å². The molecule has 1 heterocycles. The number of aliphatic hydroxyl groups is 1. The highest BCUT2D eigenvalue weighted by atomic mass is 19.1. The van der Waals surface area contributed by atoms with Gasteiger partial charge in [0.1, 0.15) is 17.7 Å². The fraction of sp³-hybridized carbons (Fsp3) is 0.333. The van der Waals surface area contributed by atoms with Crippen LogP contribution in [0.15, 0.2) is 48.5 Å². The van der Waals surface area contributed by atoms with Gasteiger partial charge in [-0.2, -0.15) is 0 Å². The van der Waals surface area contributed by atoms with E-state index in [0.717, 1.165) is 0 Å². The molecule has 1 aliphatic rings. The fourth-order valence-corrected chi connectivity index (χ4v) is 3.45. The summed E-state index contributed by atoms with van der Waals surface area (Å²) in [5, 5.41) is 12.2. The van der Waals surface area contributed by atoms with E-state index in [2.05, 4.69) is 5.32 Å². The van der Waals surface area contributed by atoms with Crippen LogP contribution in [0.25, 0.3) is 0 Å². The summed E-state index contributed by atoms with van der Waals surface area (Å²) in [7, 11) is 0. The van der Waals surface area contributed by atoms with Gasteiger partial charge in [0.05, 0.1) is 5.41 Å². The lowest BCUT2D eigenvalue weighted by Crippen LogP contribution is -2.66. The Morgan fingerprint density at radius 3 is 2.14 bits per heavy atom. The minimum atomic E-state index is -1.17. The van der Waals surface area contributed by atoms with Crippen LogP contribution in [0.5, 0.6) is 0 Å². The Morgan fingerprint density at radius 2 is 1.61 bits per heavy atom. The molecule has 28 heavy (non-hydrogen) atoms. The first kappa shape index (κ1) is 19.9. The highest BCUT2D eigenvalue weighted by Gasteiger charge is 2.51. The van der Waals surface area contributed by atoms with E-state index in [4.69, 9.17) is 0 Å². The van der Waals surface area contributed by atoms with Gasteiger partial charge in [0.2, 0.25) is 5.91 Å². The monoisotopic (exact) mass is 388 g/mol. The smallest absolute Gasteiger partial charge is 0.251 e. The van der Waals surface area contributed by atoms with E-state index in [-0.39, 0.29) is 32.0 Å². The van der Waals surface area contributed by atoms with Crippen LogP contribution in [0.1, 0.15) is 18.1 Å². The van der Waals surface area contributed by atoms with Gasteiger partial charge in [-0.3, -0.25) is 9.59 Å². The molecular formula is C21H22F2N2O3. The van der Waals surface area contributed by atoms with E-state index < -0.39 is 29.1 Å². The second-order valence-corrected chi connectivity index (χ2v) is 7.19. The van der Waals surface area contributed by atoms with Crippen LogP contribution in [0, 0.1) is 17.0 Å². The number of carbonyl (C=O) groups excluding carboxylic acids is 2. The van der Waals surface area contributed by atoms with Crippen LogP contribution in [-0.2, 0) is 22.6 Å². The van der Waals surface area contributed by atoms with Crippen molar-refractivity contribution >= 4 is 11.8 Å². The predicted octanol–water partition coefficient (Wildman–Crippen LogP) is 2.03. The van der Waals surface area contributed by atoms with Crippen LogP contribution in [0.3, 0.4) is 0 Å². The van der Waals surface area contributed by atoms with Gasteiger partial charge >= 0.3 is 0 Å². The number of aliphatic hydroxyl groups excluding tert-OH is 1. The number of nitrogens with one attached hydrogen (secondary N) is 1. The zero-order chi connectivity index (χ0) is 20.3. The van der Waals surface area contributed by atoms with Crippen molar-refractivity contribution in [2.24, 2.45) is 5.41 Å². The minimum absolute atomic E-state index is 0.00508. The third kappa shape index (κ3) is 4.04. The summed E-state index contributed by atoms with van der Waals surface area (Å²) in [6.45, 7) is 1.48. The van der Waals surface area contributed by atoms with Gasteiger partial charge in [0, 0.05) is 25.2 Å². The molecule has 0 unspecified atom stereocenters.